The maximum Gasteiger partial charge on any atom is 0.306 e. The summed E-state index contributed by atoms with van der Waals surface area (Å²) in [7, 11) is 0. The van der Waals surface area contributed by atoms with Crippen molar-refractivity contribution in [1.82, 2.24) is 0 Å². The molecule has 0 bridgehead atoms. The van der Waals surface area contributed by atoms with Gasteiger partial charge in [0.05, 0.1) is 0 Å². The van der Waals surface area contributed by atoms with Crippen LogP contribution in [0.2, 0.25) is 0 Å². The lowest BCUT2D eigenvalue weighted by molar-refractivity contribution is -0.150. The first-order valence-electron chi connectivity index (χ1n) is 6.81. The quantitative estimate of drug-likeness (QED) is 0.483. The molecule has 0 saturated heterocycles. The number of esters is 1. The molecule has 0 atom stereocenters. The molecule has 0 heterocycles. The highest BCUT2D eigenvalue weighted by atomic mass is 16.5. The average Bonchev–Trinajstić information content (AvgIpc) is 2.30. The fraction of sp³-hybridized carbons (Fsp3) is 0.857. The maximum absolute atomic E-state index is 11.5. The Morgan fingerprint density at radius 3 is 2.44 bits per heavy atom. The Hall–Kier alpha value is -0.530. The number of rotatable bonds is 7. The Morgan fingerprint density at radius 1 is 1.06 bits per heavy atom. The zero-order valence-electron chi connectivity index (χ0n) is 10.4. The van der Waals surface area contributed by atoms with Gasteiger partial charge in [0.25, 0.3) is 0 Å². The molecule has 1 saturated carbocycles. The van der Waals surface area contributed by atoms with Crippen molar-refractivity contribution in [3.05, 3.63) is 6.92 Å². The Morgan fingerprint density at radius 2 is 1.75 bits per heavy atom. The minimum atomic E-state index is 0.0153. The summed E-state index contributed by atoms with van der Waals surface area (Å²) in [5.41, 5.74) is 0. The number of carbonyl (C=O) groups is 1. The SMILES string of the molecule is [CH2]CCCCCCC(=O)OC1CCCCC1. The van der Waals surface area contributed by atoms with Crippen LogP contribution in [0.25, 0.3) is 0 Å². The molecule has 0 aromatic rings. The first kappa shape index (κ1) is 13.5. The predicted octanol–water partition coefficient (Wildman–Crippen LogP) is 4.04. The molecular formula is C14H25O2. The summed E-state index contributed by atoms with van der Waals surface area (Å²) in [4.78, 5) is 11.5. The number of carbonyl (C=O) groups excluding carboxylic acids is 1. The molecule has 2 heteroatoms. The summed E-state index contributed by atoms with van der Waals surface area (Å²) in [6, 6.07) is 0. The van der Waals surface area contributed by atoms with E-state index in [9.17, 15) is 4.79 Å². The predicted molar refractivity (Wildman–Crippen MR) is 66.0 cm³/mol. The maximum atomic E-state index is 11.5. The topological polar surface area (TPSA) is 26.3 Å². The standard InChI is InChI=1S/C14H25O2/c1-2-3-4-5-9-12-14(15)16-13-10-7-6-8-11-13/h13H,1-12H2. The lowest BCUT2D eigenvalue weighted by atomic mass is 9.98. The number of unbranched alkanes of at least 4 members (excludes halogenated alkanes) is 4. The second-order valence-electron chi connectivity index (χ2n) is 4.77. The second kappa shape index (κ2) is 8.60. The molecule has 0 unspecified atom stereocenters. The highest BCUT2D eigenvalue weighted by molar-refractivity contribution is 5.69. The molecular weight excluding hydrogens is 200 g/mol. The molecule has 1 radical (unpaired) electrons. The van der Waals surface area contributed by atoms with E-state index in [-0.39, 0.29) is 12.1 Å². The molecule has 0 N–H and O–H groups in total. The lowest BCUT2D eigenvalue weighted by Gasteiger charge is -2.21. The summed E-state index contributed by atoms with van der Waals surface area (Å²) in [5, 5.41) is 0. The van der Waals surface area contributed by atoms with E-state index >= 15 is 0 Å². The Balaban J connectivity index is 1.97. The third-order valence-electron chi connectivity index (χ3n) is 3.23. The van der Waals surface area contributed by atoms with E-state index in [2.05, 4.69) is 6.92 Å². The molecule has 2 nitrogen and oxygen atoms in total. The molecule has 0 amide bonds. The van der Waals surface area contributed by atoms with Gasteiger partial charge in [-0.15, -0.1) is 0 Å². The Kier molecular flexibility index (Phi) is 7.28. The van der Waals surface area contributed by atoms with E-state index < -0.39 is 0 Å². The third kappa shape index (κ3) is 6.14. The zero-order chi connectivity index (χ0) is 11.6. The van der Waals surface area contributed by atoms with Crippen molar-refractivity contribution >= 4 is 5.97 Å². The molecule has 1 rings (SSSR count). The van der Waals surface area contributed by atoms with E-state index in [0.717, 1.165) is 32.1 Å². The van der Waals surface area contributed by atoms with Crippen LogP contribution in [-0.2, 0) is 9.53 Å². The number of hydrogen-bond acceptors (Lipinski definition) is 2. The monoisotopic (exact) mass is 225 g/mol. The van der Waals surface area contributed by atoms with E-state index in [1.165, 1.54) is 32.1 Å². The van der Waals surface area contributed by atoms with Crippen LogP contribution in [-0.4, -0.2) is 12.1 Å². The van der Waals surface area contributed by atoms with Gasteiger partial charge in [0.15, 0.2) is 0 Å². The molecule has 1 aliphatic carbocycles. The van der Waals surface area contributed by atoms with Gasteiger partial charge in [-0.05, 0) is 32.1 Å². The van der Waals surface area contributed by atoms with Gasteiger partial charge in [-0.25, -0.2) is 0 Å². The molecule has 16 heavy (non-hydrogen) atoms. The number of hydrogen-bond donors (Lipinski definition) is 0. The van der Waals surface area contributed by atoms with Crippen molar-refractivity contribution in [1.29, 1.82) is 0 Å². The Bertz CT molecular complexity index is 183. The van der Waals surface area contributed by atoms with Crippen molar-refractivity contribution in [3.8, 4) is 0 Å². The Labute approximate surface area is 99.8 Å². The average molecular weight is 225 g/mol. The van der Waals surface area contributed by atoms with Gasteiger partial charge in [-0.2, -0.15) is 0 Å². The van der Waals surface area contributed by atoms with Crippen LogP contribution >= 0.6 is 0 Å². The van der Waals surface area contributed by atoms with Crippen LogP contribution in [0.1, 0.15) is 70.6 Å². The van der Waals surface area contributed by atoms with Crippen LogP contribution in [0.15, 0.2) is 0 Å². The summed E-state index contributed by atoms with van der Waals surface area (Å²) < 4.78 is 5.45. The van der Waals surface area contributed by atoms with Crippen LogP contribution in [0.5, 0.6) is 0 Å². The van der Waals surface area contributed by atoms with Crippen LogP contribution in [0.4, 0.5) is 0 Å². The molecule has 0 aromatic carbocycles. The van der Waals surface area contributed by atoms with Gasteiger partial charge in [0.1, 0.15) is 6.10 Å². The lowest BCUT2D eigenvalue weighted by Crippen LogP contribution is -2.20. The van der Waals surface area contributed by atoms with Crippen LogP contribution in [0, 0.1) is 6.92 Å². The van der Waals surface area contributed by atoms with Crippen molar-refractivity contribution < 1.29 is 9.53 Å². The van der Waals surface area contributed by atoms with Gasteiger partial charge >= 0.3 is 5.97 Å². The van der Waals surface area contributed by atoms with Crippen molar-refractivity contribution in [2.45, 2.75) is 76.7 Å². The first-order valence-corrected chi connectivity index (χ1v) is 6.81. The van der Waals surface area contributed by atoms with Gasteiger partial charge in [0.2, 0.25) is 0 Å². The molecule has 0 spiro atoms. The smallest absolute Gasteiger partial charge is 0.306 e. The van der Waals surface area contributed by atoms with Crippen molar-refractivity contribution in [2.75, 3.05) is 0 Å². The van der Waals surface area contributed by atoms with E-state index in [4.69, 9.17) is 4.74 Å². The summed E-state index contributed by atoms with van der Waals surface area (Å²) in [6.45, 7) is 3.80. The summed E-state index contributed by atoms with van der Waals surface area (Å²) in [6.07, 6.45) is 12.2. The van der Waals surface area contributed by atoms with Gasteiger partial charge in [-0.3, -0.25) is 4.79 Å². The first-order chi connectivity index (χ1) is 7.83. The molecule has 0 aromatic heterocycles. The van der Waals surface area contributed by atoms with Crippen molar-refractivity contribution in [2.24, 2.45) is 0 Å². The molecule has 93 valence electrons. The largest absolute Gasteiger partial charge is 0.462 e. The summed E-state index contributed by atoms with van der Waals surface area (Å²) >= 11 is 0. The fourth-order valence-corrected chi connectivity index (χ4v) is 2.23. The minimum Gasteiger partial charge on any atom is -0.462 e. The number of ether oxygens (including phenoxy) is 1. The van der Waals surface area contributed by atoms with Crippen molar-refractivity contribution in [3.63, 3.8) is 0 Å². The van der Waals surface area contributed by atoms with E-state index in [1.807, 2.05) is 0 Å². The zero-order valence-corrected chi connectivity index (χ0v) is 10.4. The molecule has 1 fully saturated rings. The van der Waals surface area contributed by atoms with Gasteiger partial charge in [-0.1, -0.05) is 39.0 Å². The van der Waals surface area contributed by atoms with Crippen LogP contribution < -0.4 is 0 Å². The summed E-state index contributed by atoms with van der Waals surface area (Å²) in [5.74, 6) is 0.0153. The van der Waals surface area contributed by atoms with E-state index in [1.54, 1.807) is 0 Å². The minimum absolute atomic E-state index is 0.0153. The highest BCUT2D eigenvalue weighted by Gasteiger charge is 2.16. The molecule has 1 aliphatic rings. The van der Waals surface area contributed by atoms with Gasteiger partial charge in [0, 0.05) is 6.42 Å². The third-order valence-corrected chi connectivity index (χ3v) is 3.23. The second-order valence-corrected chi connectivity index (χ2v) is 4.77. The fourth-order valence-electron chi connectivity index (χ4n) is 2.23. The van der Waals surface area contributed by atoms with E-state index in [0.29, 0.717) is 6.42 Å². The highest BCUT2D eigenvalue weighted by Crippen LogP contribution is 2.21. The van der Waals surface area contributed by atoms with Gasteiger partial charge < -0.3 is 4.74 Å². The van der Waals surface area contributed by atoms with Crippen LogP contribution in [0.3, 0.4) is 0 Å². The molecule has 0 aliphatic heterocycles. The normalized spacial score (nSPS) is 17.3.